The summed E-state index contributed by atoms with van der Waals surface area (Å²) < 4.78 is 1.84. The van der Waals surface area contributed by atoms with E-state index in [9.17, 15) is 19.7 Å². The van der Waals surface area contributed by atoms with Crippen molar-refractivity contribution in [2.45, 2.75) is 0 Å². The minimum absolute atomic E-state index is 0.0429. The monoisotopic (exact) mass is 461 g/mol. The largest absolute Gasteiger partial charge is 0.322 e. The summed E-state index contributed by atoms with van der Waals surface area (Å²) in [5, 5.41) is 16.5. The number of aromatic nitrogens is 2. The van der Waals surface area contributed by atoms with Gasteiger partial charge in [0.15, 0.2) is 0 Å². The van der Waals surface area contributed by atoms with E-state index in [4.69, 9.17) is 11.6 Å². The quantitative estimate of drug-likeness (QED) is 0.311. The molecule has 0 fully saturated rings. The van der Waals surface area contributed by atoms with Gasteiger partial charge in [0.2, 0.25) is 0 Å². The van der Waals surface area contributed by atoms with E-state index in [1.165, 1.54) is 18.2 Å². The number of benzene rings is 3. The third-order valence-electron chi connectivity index (χ3n) is 4.72. The first-order chi connectivity index (χ1) is 15.9. The molecule has 0 saturated carbocycles. The zero-order valence-corrected chi connectivity index (χ0v) is 17.7. The number of amides is 2. The van der Waals surface area contributed by atoms with Crippen LogP contribution in [0.4, 0.5) is 17.1 Å². The first-order valence-corrected chi connectivity index (χ1v) is 10.0. The number of nitro benzene ring substituents is 1. The number of halogens is 1. The smallest absolute Gasteiger partial charge is 0.270 e. The fourth-order valence-electron chi connectivity index (χ4n) is 3.07. The highest BCUT2D eigenvalue weighted by atomic mass is 35.5. The molecule has 0 saturated heterocycles. The number of anilines is 2. The average Bonchev–Trinajstić information content (AvgIpc) is 3.35. The Hall–Kier alpha value is -4.50. The van der Waals surface area contributed by atoms with Crippen LogP contribution in [0.2, 0.25) is 5.02 Å². The van der Waals surface area contributed by atoms with Crippen molar-refractivity contribution >= 4 is 40.5 Å². The number of imidazole rings is 1. The number of carbonyl (C=O) groups is 2. The van der Waals surface area contributed by atoms with Crippen molar-refractivity contribution in [3.8, 4) is 5.69 Å². The maximum Gasteiger partial charge on any atom is 0.270 e. The van der Waals surface area contributed by atoms with Crippen molar-refractivity contribution in [1.29, 1.82) is 0 Å². The Morgan fingerprint density at radius 3 is 2.39 bits per heavy atom. The summed E-state index contributed by atoms with van der Waals surface area (Å²) in [6, 6.07) is 17.1. The van der Waals surface area contributed by atoms with Crippen LogP contribution in [0.5, 0.6) is 0 Å². The SMILES string of the molecule is O=C(Nc1ccc(-n2ccnc2)cc1)c1cccc(NC(=O)c2cc([N+](=O)[O-])ccc2Cl)c1. The maximum absolute atomic E-state index is 12.7. The molecule has 4 rings (SSSR count). The van der Waals surface area contributed by atoms with Crippen molar-refractivity contribution in [2.24, 2.45) is 0 Å². The van der Waals surface area contributed by atoms with Crippen LogP contribution < -0.4 is 10.6 Å². The molecule has 10 heteroatoms. The number of hydrogen-bond donors (Lipinski definition) is 2. The van der Waals surface area contributed by atoms with Gasteiger partial charge in [0.05, 0.1) is 21.8 Å². The van der Waals surface area contributed by atoms with E-state index in [1.807, 2.05) is 22.9 Å². The summed E-state index contributed by atoms with van der Waals surface area (Å²) in [4.78, 5) is 39.6. The molecule has 4 aromatic rings. The van der Waals surface area contributed by atoms with Crippen LogP contribution in [0.1, 0.15) is 20.7 Å². The first kappa shape index (κ1) is 21.7. The molecule has 0 aliphatic heterocycles. The van der Waals surface area contributed by atoms with Crippen LogP contribution >= 0.6 is 11.6 Å². The number of rotatable bonds is 6. The van der Waals surface area contributed by atoms with E-state index in [2.05, 4.69) is 15.6 Å². The second-order valence-electron chi connectivity index (χ2n) is 6.93. The van der Waals surface area contributed by atoms with Gasteiger partial charge in [-0.25, -0.2) is 4.98 Å². The number of carbonyl (C=O) groups excluding carboxylic acids is 2. The van der Waals surface area contributed by atoms with Gasteiger partial charge in [-0.2, -0.15) is 0 Å². The second-order valence-corrected chi connectivity index (χ2v) is 7.33. The van der Waals surface area contributed by atoms with E-state index in [-0.39, 0.29) is 22.2 Å². The van der Waals surface area contributed by atoms with Gasteiger partial charge in [0.25, 0.3) is 17.5 Å². The fourth-order valence-corrected chi connectivity index (χ4v) is 3.27. The van der Waals surface area contributed by atoms with E-state index < -0.39 is 10.8 Å². The lowest BCUT2D eigenvalue weighted by Gasteiger charge is -2.10. The van der Waals surface area contributed by atoms with Gasteiger partial charge in [0, 0.05) is 47.2 Å². The van der Waals surface area contributed by atoms with Gasteiger partial charge in [-0.3, -0.25) is 19.7 Å². The van der Waals surface area contributed by atoms with E-state index in [0.717, 1.165) is 11.8 Å². The molecule has 1 heterocycles. The predicted octanol–water partition coefficient (Wildman–Crippen LogP) is 4.94. The standard InChI is InChI=1S/C23H16ClN5O4/c24-21-9-8-19(29(32)33)13-20(21)23(31)27-17-3-1-2-15(12-17)22(30)26-16-4-6-18(7-5-16)28-11-10-25-14-28/h1-14H,(H,26,30)(H,27,31). The minimum atomic E-state index is -0.628. The van der Waals surface area contributed by atoms with Crippen LogP contribution in [0, 0.1) is 10.1 Å². The van der Waals surface area contributed by atoms with Crippen molar-refractivity contribution in [2.75, 3.05) is 10.6 Å². The molecule has 0 atom stereocenters. The number of nitrogens with one attached hydrogen (secondary N) is 2. The molecule has 33 heavy (non-hydrogen) atoms. The molecular formula is C23H16ClN5O4. The summed E-state index contributed by atoms with van der Waals surface area (Å²) >= 11 is 6.03. The van der Waals surface area contributed by atoms with Gasteiger partial charge >= 0.3 is 0 Å². The Morgan fingerprint density at radius 1 is 0.939 bits per heavy atom. The molecule has 0 spiro atoms. The fraction of sp³-hybridized carbons (Fsp3) is 0. The van der Waals surface area contributed by atoms with Crippen molar-refractivity contribution in [1.82, 2.24) is 9.55 Å². The molecule has 2 amide bonds. The number of nitrogens with zero attached hydrogens (tertiary/aromatic N) is 3. The summed E-state index contributed by atoms with van der Waals surface area (Å²) in [5.41, 5.74) is 1.86. The molecule has 3 aromatic carbocycles. The lowest BCUT2D eigenvalue weighted by Crippen LogP contribution is -2.15. The zero-order chi connectivity index (χ0) is 23.4. The Morgan fingerprint density at radius 2 is 1.70 bits per heavy atom. The van der Waals surface area contributed by atoms with E-state index in [1.54, 1.807) is 42.9 Å². The molecule has 0 aliphatic carbocycles. The lowest BCUT2D eigenvalue weighted by molar-refractivity contribution is -0.384. The average molecular weight is 462 g/mol. The third-order valence-corrected chi connectivity index (χ3v) is 5.05. The normalized spacial score (nSPS) is 10.5. The second kappa shape index (κ2) is 9.33. The molecule has 164 valence electrons. The zero-order valence-electron chi connectivity index (χ0n) is 16.9. The molecule has 0 unspecified atom stereocenters. The van der Waals surface area contributed by atoms with Crippen molar-refractivity contribution < 1.29 is 14.5 Å². The Balaban J connectivity index is 1.46. The lowest BCUT2D eigenvalue weighted by atomic mass is 10.1. The Bertz CT molecular complexity index is 1340. The number of nitro groups is 1. The van der Waals surface area contributed by atoms with Gasteiger partial charge in [-0.15, -0.1) is 0 Å². The van der Waals surface area contributed by atoms with Crippen LogP contribution in [0.15, 0.2) is 85.5 Å². The van der Waals surface area contributed by atoms with Gasteiger partial charge in [0.1, 0.15) is 0 Å². The highest BCUT2D eigenvalue weighted by molar-refractivity contribution is 6.34. The van der Waals surface area contributed by atoms with Crippen molar-refractivity contribution in [3.05, 3.63) is 112 Å². The molecule has 2 N–H and O–H groups in total. The maximum atomic E-state index is 12.7. The van der Waals surface area contributed by atoms with Gasteiger partial charge in [-0.1, -0.05) is 17.7 Å². The topological polar surface area (TPSA) is 119 Å². The Labute approximate surface area is 192 Å². The van der Waals surface area contributed by atoms with Crippen LogP contribution in [0.25, 0.3) is 5.69 Å². The summed E-state index contributed by atoms with van der Waals surface area (Å²) in [6.07, 6.45) is 5.16. The highest BCUT2D eigenvalue weighted by Crippen LogP contribution is 2.23. The third kappa shape index (κ3) is 5.05. The molecule has 0 radical (unpaired) electrons. The first-order valence-electron chi connectivity index (χ1n) is 9.66. The van der Waals surface area contributed by atoms with Crippen LogP contribution in [0.3, 0.4) is 0 Å². The summed E-state index contributed by atoms with van der Waals surface area (Å²) in [6.45, 7) is 0. The summed E-state index contributed by atoms with van der Waals surface area (Å²) in [5.74, 6) is -0.994. The van der Waals surface area contributed by atoms with E-state index >= 15 is 0 Å². The molecule has 0 aliphatic rings. The van der Waals surface area contributed by atoms with Crippen LogP contribution in [-0.4, -0.2) is 26.3 Å². The molecular weight excluding hydrogens is 446 g/mol. The minimum Gasteiger partial charge on any atom is -0.322 e. The van der Waals surface area contributed by atoms with Gasteiger partial charge < -0.3 is 15.2 Å². The number of hydrogen-bond acceptors (Lipinski definition) is 5. The molecule has 1 aromatic heterocycles. The van der Waals surface area contributed by atoms with Crippen molar-refractivity contribution in [3.63, 3.8) is 0 Å². The van der Waals surface area contributed by atoms with Gasteiger partial charge in [-0.05, 0) is 48.5 Å². The predicted molar refractivity (Wildman–Crippen MR) is 124 cm³/mol. The van der Waals surface area contributed by atoms with Crippen LogP contribution in [-0.2, 0) is 0 Å². The number of non-ortho nitro benzene ring substituents is 1. The summed E-state index contributed by atoms with van der Waals surface area (Å²) in [7, 11) is 0. The Kier molecular flexibility index (Phi) is 6.14. The van der Waals surface area contributed by atoms with E-state index in [0.29, 0.717) is 16.9 Å². The molecule has 0 bridgehead atoms. The highest BCUT2D eigenvalue weighted by Gasteiger charge is 2.16. The molecule has 9 nitrogen and oxygen atoms in total.